The third-order valence-electron chi connectivity index (χ3n) is 3.47. The molecule has 3 nitrogen and oxygen atoms in total. The molecular weight excluding hydrogens is 400 g/mol. The monoisotopic (exact) mass is 413 g/mol. The zero-order valence-corrected chi connectivity index (χ0v) is 14.3. The highest BCUT2D eigenvalue weighted by Crippen LogP contribution is 2.27. The third kappa shape index (κ3) is 6.84. The van der Waals surface area contributed by atoms with Gasteiger partial charge in [-0.2, -0.15) is 13.2 Å². The highest BCUT2D eigenvalue weighted by atomic mass is 35.5. The van der Waals surface area contributed by atoms with E-state index in [1.54, 1.807) is 0 Å². The molecule has 27 heavy (non-hydrogen) atoms. The molecule has 2 aromatic carbocycles. The molecule has 0 saturated carbocycles. The maximum atomic E-state index is 12.7. The fourth-order valence-electron chi connectivity index (χ4n) is 2.26. The lowest BCUT2D eigenvalue weighted by Gasteiger charge is -2.28. The Balaban J connectivity index is 2.21. The summed E-state index contributed by atoms with van der Waals surface area (Å²) in [4.78, 5) is 1.23. The van der Waals surface area contributed by atoms with Gasteiger partial charge in [-0.25, -0.2) is 0 Å². The Hall–Kier alpha value is -2.13. The molecule has 0 aromatic heterocycles. The summed E-state index contributed by atoms with van der Waals surface area (Å²) in [6, 6.07) is 10.7. The van der Waals surface area contributed by atoms with Crippen LogP contribution in [-0.2, 0) is 6.54 Å². The van der Waals surface area contributed by atoms with Gasteiger partial charge in [-0.3, -0.25) is 0 Å². The number of aliphatic hydroxyl groups is 1. The summed E-state index contributed by atoms with van der Waals surface area (Å²) in [7, 11) is 0. The first-order valence-electron chi connectivity index (χ1n) is 7.54. The van der Waals surface area contributed by atoms with E-state index in [4.69, 9.17) is 11.6 Å². The van der Waals surface area contributed by atoms with Gasteiger partial charge >= 0.3 is 12.5 Å². The molecule has 1 atom stereocenters. The Bertz CT molecular complexity index is 748. The van der Waals surface area contributed by atoms with Gasteiger partial charge in [0.2, 0.25) is 0 Å². The lowest BCUT2D eigenvalue weighted by molar-refractivity contribution is -0.274. The van der Waals surface area contributed by atoms with Gasteiger partial charge in [0.1, 0.15) is 5.75 Å². The first-order chi connectivity index (χ1) is 12.4. The van der Waals surface area contributed by atoms with E-state index in [9.17, 15) is 31.4 Å². The summed E-state index contributed by atoms with van der Waals surface area (Å²) >= 11 is 5.87. The summed E-state index contributed by atoms with van der Waals surface area (Å²) in [6.07, 6.45) is -12.3. The molecule has 2 aromatic rings. The number of halogens is 7. The molecule has 0 aliphatic heterocycles. The summed E-state index contributed by atoms with van der Waals surface area (Å²) in [5.74, 6) is -0.448. The van der Waals surface area contributed by atoms with Crippen LogP contribution < -0.4 is 9.64 Å². The molecule has 2 rings (SSSR count). The van der Waals surface area contributed by atoms with Crippen molar-refractivity contribution >= 4 is 17.3 Å². The van der Waals surface area contributed by atoms with Crippen molar-refractivity contribution in [2.24, 2.45) is 0 Å². The van der Waals surface area contributed by atoms with E-state index in [2.05, 4.69) is 4.74 Å². The summed E-state index contributed by atoms with van der Waals surface area (Å²) in [5.41, 5.74) is 0.736. The van der Waals surface area contributed by atoms with Gasteiger partial charge in [-0.1, -0.05) is 29.8 Å². The molecule has 0 aliphatic carbocycles. The number of ether oxygens (including phenoxy) is 1. The summed E-state index contributed by atoms with van der Waals surface area (Å²) < 4.78 is 78.5. The summed E-state index contributed by atoms with van der Waals surface area (Å²) in [5, 5.41) is 9.68. The van der Waals surface area contributed by atoms with Crippen molar-refractivity contribution in [1.82, 2.24) is 0 Å². The second-order valence-corrected chi connectivity index (χ2v) is 6.05. The maximum Gasteiger partial charge on any atom is 0.573 e. The fourth-order valence-corrected chi connectivity index (χ4v) is 2.45. The molecule has 0 aliphatic rings. The number of hydrogen-bond donors (Lipinski definition) is 1. The molecule has 0 amide bonds. The molecule has 0 heterocycles. The standard InChI is InChI=1S/C17H14ClF6NO2/c18-12-2-1-3-13(8-12)25(10-15(26)16(19,20)21)9-11-4-6-14(7-5-11)27-17(22,23)24/h1-8,15,26H,9-10H2. The molecule has 10 heteroatoms. The second kappa shape index (κ2) is 8.26. The highest BCUT2D eigenvalue weighted by molar-refractivity contribution is 6.30. The van der Waals surface area contributed by atoms with Crippen molar-refractivity contribution in [3.63, 3.8) is 0 Å². The predicted molar refractivity (Wildman–Crippen MR) is 87.7 cm³/mol. The molecule has 0 bridgehead atoms. The second-order valence-electron chi connectivity index (χ2n) is 5.61. The minimum Gasteiger partial charge on any atom is -0.406 e. The molecule has 1 N–H and O–H groups in total. The lowest BCUT2D eigenvalue weighted by Crippen LogP contribution is -2.40. The number of hydrogen-bond acceptors (Lipinski definition) is 3. The van der Waals surface area contributed by atoms with Crippen LogP contribution in [0.25, 0.3) is 0 Å². The zero-order chi connectivity index (χ0) is 20.2. The van der Waals surface area contributed by atoms with E-state index in [0.29, 0.717) is 11.3 Å². The normalized spacial score (nSPS) is 13.3. The topological polar surface area (TPSA) is 32.7 Å². The van der Waals surface area contributed by atoms with E-state index in [-0.39, 0.29) is 11.6 Å². The largest absolute Gasteiger partial charge is 0.573 e. The number of rotatable bonds is 6. The van der Waals surface area contributed by atoms with Gasteiger partial charge in [0.05, 0.1) is 6.54 Å². The van der Waals surface area contributed by atoms with Crippen LogP contribution in [0.15, 0.2) is 48.5 Å². The SMILES string of the molecule is OC(CN(Cc1ccc(OC(F)(F)F)cc1)c1cccc(Cl)c1)C(F)(F)F. The average Bonchev–Trinajstić information content (AvgIpc) is 2.53. The minimum absolute atomic E-state index is 0.0974. The number of benzene rings is 2. The van der Waals surface area contributed by atoms with Gasteiger partial charge in [0.15, 0.2) is 6.10 Å². The minimum atomic E-state index is -4.84. The van der Waals surface area contributed by atoms with E-state index in [1.165, 1.54) is 41.3 Å². The first kappa shape index (κ1) is 21.2. The van der Waals surface area contributed by atoms with Crippen molar-refractivity contribution < 1.29 is 36.2 Å². The Labute approximate surface area is 155 Å². The van der Waals surface area contributed by atoms with Crippen LogP contribution in [0.2, 0.25) is 5.02 Å². The molecular formula is C17H14ClF6NO2. The van der Waals surface area contributed by atoms with Crippen molar-refractivity contribution in [2.45, 2.75) is 25.2 Å². The van der Waals surface area contributed by atoms with Gasteiger partial charge in [-0.15, -0.1) is 13.2 Å². The fraction of sp³-hybridized carbons (Fsp3) is 0.294. The van der Waals surface area contributed by atoms with Gasteiger partial charge in [0.25, 0.3) is 0 Å². The smallest absolute Gasteiger partial charge is 0.406 e. The molecule has 0 spiro atoms. The molecule has 0 saturated heterocycles. The average molecular weight is 414 g/mol. The highest BCUT2D eigenvalue weighted by Gasteiger charge is 2.39. The summed E-state index contributed by atoms with van der Waals surface area (Å²) in [6.45, 7) is -0.871. The van der Waals surface area contributed by atoms with Crippen LogP contribution >= 0.6 is 11.6 Å². The number of nitrogens with zero attached hydrogens (tertiary/aromatic N) is 1. The van der Waals surface area contributed by atoms with E-state index >= 15 is 0 Å². The maximum absolute atomic E-state index is 12.7. The predicted octanol–water partition coefficient (Wildman–Crippen LogP) is 5.17. The third-order valence-corrected chi connectivity index (χ3v) is 3.71. The van der Waals surface area contributed by atoms with E-state index in [1.807, 2.05) is 0 Å². The first-order valence-corrected chi connectivity index (χ1v) is 7.92. The van der Waals surface area contributed by atoms with Gasteiger partial charge < -0.3 is 14.7 Å². The Morgan fingerprint density at radius 2 is 1.63 bits per heavy atom. The quantitative estimate of drug-likeness (QED) is 0.663. The van der Waals surface area contributed by atoms with E-state index < -0.39 is 30.9 Å². The van der Waals surface area contributed by atoms with Gasteiger partial charge in [-0.05, 0) is 35.9 Å². The number of alkyl halides is 6. The Morgan fingerprint density at radius 3 is 2.15 bits per heavy atom. The number of anilines is 1. The van der Waals surface area contributed by atoms with Crippen LogP contribution in [0.5, 0.6) is 5.75 Å². The Morgan fingerprint density at radius 1 is 1.00 bits per heavy atom. The molecule has 148 valence electrons. The van der Waals surface area contributed by atoms with Crippen molar-refractivity contribution in [1.29, 1.82) is 0 Å². The van der Waals surface area contributed by atoms with Crippen molar-refractivity contribution in [2.75, 3.05) is 11.4 Å². The van der Waals surface area contributed by atoms with Crippen LogP contribution in [0.1, 0.15) is 5.56 Å². The molecule has 1 unspecified atom stereocenters. The van der Waals surface area contributed by atoms with Crippen LogP contribution in [0, 0.1) is 0 Å². The van der Waals surface area contributed by atoms with Crippen LogP contribution in [0.4, 0.5) is 32.0 Å². The Kier molecular flexibility index (Phi) is 6.48. The molecule has 0 radical (unpaired) electrons. The van der Waals surface area contributed by atoms with Gasteiger partial charge in [0, 0.05) is 17.3 Å². The van der Waals surface area contributed by atoms with Crippen molar-refractivity contribution in [3.8, 4) is 5.75 Å². The van der Waals surface area contributed by atoms with Crippen molar-refractivity contribution in [3.05, 3.63) is 59.1 Å². The van der Waals surface area contributed by atoms with E-state index in [0.717, 1.165) is 12.1 Å². The lowest BCUT2D eigenvalue weighted by atomic mass is 10.1. The molecule has 0 fully saturated rings. The number of aliphatic hydroxyl groups excluding tert-OH is 1. The van der Waals surface area contributed by atoms with Crippen LogP contribution in [-0.4, -0.2) is 30.3 Å². The zero-order valence-electron chi connectivity index (χ0n) is 13.6. The van der Waals surface area contributed by atoms with Crippen LogP contribution in [0.3, 0.4) is 0 Å².